The first-order valence-corrected chi connectivity index (χ1v) is 8.21. The van der Waals surface area contributed by atoms with Crippen molar-refractivity contribution in [2.45, 2.75) is 11.5 Å². The van der Waals surface area contributed by atoms with Crippen LogP contribution < -0.4 is 0 Å². The quantitative estimate of drug-likeness (QED) is 0.682. The van der Waals surface area contributed by atoms with E-state index in [0.29, 0.717) is 0 Å². The van der Waals surface area contributed by atoms with Crippen LogP contribution in [0.3, 0.4) is 0 Å². The predicted molar refractivity (Wildman–Crippen MR) is 97.3 cm³/mol. The molecule has 0 fully saturated rings. The summed E-state index contributed by atoms with van der Waals surface area (Å²) in [6, 6.07) is 28.1. The molecule has 0 aromatic heterocycles. The van der Waals surface area contributed by atoms with E-state index in [0.717, 1.165) is 16.7 Å². The van der Waals surface area contributed by atoms with Crippen molar-refractivity contribution < 1.29 is 15.0 Å². The zero-order valence-corrected chi connectivity index (χ0v) is 13.7. The molecular formula is C22H20O3. The summed E-state index contributed by atoms with van der Waals surface area (Å²) in [6.07, 6.45) is -1.47. The first kappa shape index (κ1) is 17.1. The second kappa shape index (κ2) is 7.43. The first-order chi connectivity index (χ1) is 12.2. The predicted octanol–water partition coefficient (Wildman–Crippen LogP) is 2.94. The van der Waals surface area contributed by atoms with Crippen molar-refractivity contribution in [1.29, 1.82) is 0 Å². The van der Waals surface area contributed by atoms with Crippen LogP contribution in [-0.4, -0.2) is 28.7 Å². The van der Waals surface area contributed by atoms with Crippen LogP contribution in [0.25, 0.3) is 0 Å². The minimum Gasteiger partial charge on any atom is -0.393 e. The third-order valence-corrected chi connectivity index (χ3v) is 4.47. The van der Waals surface area contributed by atoms with E-state index in [-0.39, 0.29) is 0 Å². The van der Waals surface area contributed by atoms with E-state index in [4.69, 9.17) is 0 Å². The summed E-state index contributed by atoms with van der Waals surface area (Å²) < 4.78 is 0. The molecule has 0 amide bonds. The lowest BCUT2D eigenvalue weighted by Gasteiger charge is -2.35. The van der Waals surface area contributed by atoms with Gasteiger partial charge in [-0.05, 0) is 16.7 Å². The molecule has 3 aromatic rings. The van der Waals surface area contributed by atoms with Gasteiger partial charge in [-0.1, -0.05) is 91.0 Å². The number of aliphatic hydroxyl groups excluding tert-OH is 2. The average molecular weight is 332 g/mol. The molecule has 3 aromatic carbocycles. The highest BCUT2D eigenvalue weighted by molar-refractivity contribution is 6.00. The average Bonchev–Trinajstić information content (AvgIpc) is 2.70. The highest BCUT2D eigenvalue weighted by Gasteiger charge is 2.45. The maximum Gasteiger partial charge on any atom is 0.182 e. The second-order valence-corrected chi connectivity index (χ2v) is 5.91. The molecule has 3 rings (SSSR count). The van der Waals surface area contributed by atoms with Crippen LogP contribution in [0.1, 0.15) is 16.7 Å². The Morgan fingerprint density at radius 1 is 0.720 bits per heavy atom. The van der Waals surface area contributed by atoms with Gasteiger partial charge in [-0.25, -0.2) is 0 Å². The molecule has 0 saturated carbocycles. The molecule has 0 aliphatic rings. The highest BCUT2D eigenvalue weighted by atomic mass is 16.3. The van der Waals surface area contributed by atoms with Gasteiger partial charge in [-0.15, -0.1) is 0 Å². The standard InChI is InChI=1S/C22H20O3/c23-16-20(24)21(25)22(17-10-4-1-5-11-17,18-12-6-2-7-13-18)19-14-8-3-9-15-19/h1-15,20,23-24H,16H2. The van der Waals surface area contributed by atoms with Gasteiger partial charge < -0.3 is 10.2 Å². The van der Waals surface area contributed by atoms with Gasteiger partial charge in [-0.3, -0.25) is 4.79 Å². The normalized spacial score (nSPS) is 12.6. The maximum absolute atomic E-state index is 13.4. The Balaban J connectivity index is 2.38. The fourth-order valence-electron chi connectivity index (χ4n) is 3.32. The lowest BCUT2D eigenvalue weighted by atomic mass is 9.65. The molecule has 0 radical (unpaired) electrons. The van der Waals surface area contributed by atoms with Gasteiger partial charge in [0.15, 0.2) is 5.78 Å². The smallest absolute Gasteiger partial charge is 0.182 e. The number of hydrogen-bond donors (Lipinski definition) is 2. The third kappa shape index (κ3) is 3.00. The molecule has 2 N–H and O–H groups in total. The first-order valence-electron chi connectivity index (χ1n) is 8.21. The Morgan fingerprint density at radius 2 is 1.04 bits per heavy atom. The van der Waals surface area contributed by atoms with Crippen LogP contribution in [0.5, 0.6) is 0 Å². The Bertz CT molecular complexity index is 717. The van der Waals surface area contributed by atoms with E-state index >= 15 is 0 Å². The molecule has 126 valence electrons. The summed E-state index contributed by atoms with van der Waals surface area (Å²) in [6.45, 7) is -0.618. The Kier molecular flexibility index (Phi) is 5.08. The summed E-state index contributed by atoms with van der Waals surface area (Å²) in [5.74, 6) is -0.446. The van der Waals surface area contributed by atoms with Gasteiger partial charge >= 0.3 is 0 Å². The van der Waals surface area contributed by atoms with Gasteiger partial charge in [0.25, 0.3) is 0 Å². The lowest BCUT2D eigenvalue weighted by Crippen LogP contribution is -2.46. The minimum atomic E-state index is -1.47. The van der Waals surface area contributed by atoms with E-state index in [1.807, 2.05) is 91.0 Å². The number of rotatable bonds is 6. The number of ketones is 1. The molecule has 3 heteroatoms. The summed E-state index contributed by atoms with van der Waals surface area (Å²) >= 11 is 0. The van der Waals surface area contributed by atoms with Crippen LogP contribution in [0, 0.1) is 0 Å². The van der Waals surface area contributed by atoms with Gasteiger partial charge in [0.05, 0.1) is 6.61 Å². The molecule has 0 aliphatic heterocycles. The molecule has 25 heavy (non-hydrogen) atoms. The summed E-state index contributed by atoms with van der Waals surface area (Å²) in [5.41, 5.74) is 1.08. The molecule has 0 bridgehead atoms. The third-order valence-electron chi connectivity index (χ3n) is 4.47. The van der Waals surface area contributed by atoms with Gasteiger partial charge in [0, 0.05) is 0 Å². The fourth-order valence-corrected chi connectivity index (χ4v) is 3.32. The number of carbonyl (C=O) groups excluding carboxylic acids is 1. The lowest BCUT2D eigenvalue weighted by molar-refractivity contribution is -0.132. The SMILES string of the molecule is O=C(C(O)CO)C(c1ccccc1)(c1ccccc1)c1ccccc1. The molecule has 3 nitrogen and oxygen atoms in total. The maximum atomic E-state index is 13.4. The molecule has 1 atom stereocenters. The monoisotopic (exact) mass is 332 g/mol. The number of aliphatic hydroxyl groups is 2. The Hall–Kier alpha value is -2.75. The zero-order valence-electron chi connectivity index (χ0n) is 13.7. The van der Waals surface area contributed by atoms with Gasteiger partial charge in [0.1, 0.15) is 11.5 Å². The largest absolute Gasteiger partial charge is 0.393 e. The number of hydrogen-bond acceptors (Lipinski definition) is 3. The van der Waals surface area contributed by atoms with Crippen molar-refractivity contribution >= 4 is 5.78 Å². The van der Waals surface area contributed by atoms with Crippen LogP contribution in [0.2, 0.25) is 0 Å². The van der Waals surface area contributed by atoms with E-state index in [2.05, 4.69) is 0 Å². The van der Waals surface area contributed by atoms with Crippen molar-refractivity contribution in [2.75, 3.05) is 6.61 Å². The van der Waals surface area contributed by atoms with E-state index in [1.54, 1.807) is 0 Å². The van der Waals surface area contributed by atoms with Crippen LogP contribution in [0.4, 0.5) is 0 Å². The fraction of sp³-hybridized carbons (Fsp3) is 0.136. The molecule has 1 unspecified atom stereocenters. The van der Waals surface area contributed by atoms with Crippen molar-refractivity contribution in [3.8, 4) is 0 Å². The van der Waals surface area contributed by atoms with Gasteiger partial charge in [-0.2, -0.15) is 0 Å². The summed E-state index contributed by atoms with van der Waals surface area (Å²) in [4.78, 5) is 13.4. The van der Waals surface area contributed by atoms with Crippen molar-refractivity contribution in [2.24, 2.45) is 0 Å². The number of benzene rings is 3. The molecule has 0 spiro atoms. The summed E-state index contributed by atoms with van der Waals surface area (Å²) in [5, 5.41) is 19.7. The summed E-state index contributed by atoms with van der Waals surface area (Å²) in [7, 11) is 0. The van der Waals surface area contributed by atoms with E-state index < -0.39 is 23.9 Å². The number of carbonyl (C=O) groups is 1. The van der Waals surface area contributed by atoms with Gasteiger partial charge in [0.2, 0.25) is 0 Å². The Labute approximate surface area is 147 Å². The highest BCUT2D eigenvalue weighted by Crippen LogP contribution is 2.40. The van der Waals surface area contributed by atoms with Crippen LogP contribution >= 0.6 is 0 Å². The molecule has 0 aliphatic carbocycles. The number of Topliss-reactive ketones (excluding diaryl/α,β-unsaturated/α-hetero) is 1. The second-order valence-electron chi connectivity index (χ2n) is 5.91. The van der Waals surface area contributed by atoms with E-state index in [1.165, 1.54) is 0 Å². The molecular weight excluding hydrogens is 312 g/mol. The van der Waals surface area contributed by atoms with E-state index in [9.17, 15) is 15.0 Å². The molecule has 0 heterocycles. The van der Waals surface area contributed by atoms with Crippen molar-refractivity contribution in [1.82, 2.24) is 0 Å². The van der Waals surface area contributed by atoms with Crippen LogP contribution in [-0.2, 0) is 10.2 Å². The van der Waals surface area contributed by atoms with Crippen LogP contribution in [0.15, 0.2) is 91.0 Å². The van der Waals surface area contributed by atoms with Crippen molar-refractivity contribution in [3.05, 3.63) is 108 Å². The topological polar surface area (TPSA) is 57.5 Å². The Morgan fingerprint density at radius 3 is 1.32 bits per heavy atom. The minimum absolute atomic E-state index is 0.446. The molecule has 0 saturated heterocycles. The zero-order chi connectivity index (χ0) is 17.7. The van der Waals surface area contributed by atoms with Crippen molar-refractivity contribution in [3.63, 3.8) is 0 Å².